The molecule has 1 N–H and O–H groups in total. The van der Waals surface area contributed by atoms with Crippen LogP contribution in [0.25, 0.3) is 0 Å². The van der Waals surface area contributed by atoms with Gasteiger partial charge in [-0.25, -0.2) is 0 Å². The van der Waals surface area contributed by atoms with Crippen LogP contribution in [0.15, 0.2) is 16.5 Å². The number of nitrogens with zero attached hydrogens (tertiary/aromatic N) is 1. The molecule has 2 heterocycles. The molecule has 0 aromatic carbocycles. The standard InChI is InChI=1S/C15H26N2O2/c1-12(2)16-10-14-4-5-15(19-14)11-18-13-6-8-17(3)9-7-13/h4-5,12-13,16H,6-11H2,1-3H3. The lowest BCUT2D eigenvalue weighted by Crippen LogP contribution is -2.34. The van der Waals surface area contributed by atoms with Crippen molar-refractivity contribution < 1.29 is 9.15 Å². The van der Waals surface area contributed by atoms with E-state index in [9.17, 15) is 0 Å². The van der Waals surface area contributed by atoms with Crippen LogP contribution in [-0.4, -0.2) is 37.2 Å². The van der Waals surface area contributed by atoms with Gasteiger partial charge in [0.1, 0.15) is 18.1 Å². The predicted molar refractivity (Wildman–Crippen MR) is 76.0 cm³/mol. The van der Waals surface area contributed by atoms with Gasteiger partial charge in [0.05, 0.1) is 12.6 Å². The molecule has 2 rings (SSSR count). The summed E-state index contributed by atoms with van der Waals surface area (Å²) in [5.74, 6) is 1.91. The number of hydrogen-bond donors (Lipinski definition) is 1. The summed E-state index contributed by atoms with van der Waals surface area (Å²) in [6.07, 6.45) is 2.64. The largest absolute Gasteiger partial charge is 0.462 e. The van der Waals surface area contributed by atoms with E-state index < -0.39 is 0 Å². The van der Waals surface area contributed by atoms with E-state index in [-0.39, 0.29) is 0 Å². The first-order chi connectivity index (χ1) is 9.13. The highest BCUT2D eigenvalue weighted by atomic mass is 16.5. The molecule has 1 fully saturated rings. The Kier molecular flexibility index (Phi) is 5.43. The molecule has 0 spiro atoms. The van der Waals surface area contributed by atoms with Crippen LogP contribution in [0.5, 0.6) is 0 Å². The molecule has 4 nitrogen and oxygen atoms in total. The van der Waals surface area contributed by atoms with Gasteiger partial charge in [0.15, 0.2) is 0 Å². The minimum absolute atomic E-state index is 0.388. The van der Waals surface area contributed by atoms with Crippen LogP contribution in [-0.2, 0) is 17.9 Å². The molecule has 0 radical (unpaired) electrons. The third kappa shape index (κ3) is 4.97. The summed E-state index contributed by atoms with van der Waals surface area (Å²) in [4.78, 5) is 2.35. The third-order valence-corrected chi connectivity index (χ3v) is 3.53. The van der Waals surface area contributed by atoms with E-state index >= 15 is 0 Å². The average Bonchev–Trinajstić information content (AvgIpc) is 2.84. The highest BCUT2D eigenvalue weighted by molar-refractivity contribution is 5.06. The number of rotatable bonds is 6. The molecular weight excluding hydrogens is 240 g/mol. The van der Waals surface area contributed by atoms with Gasteiger partial charge in [0.2, 0.25) is 0 Å². The van der Waals surface area contributed by atoms with Crippen molar-refractivity contribution in [1.29, 1.82) is 0 Å². The zero-order valence-corrected chi connectivity index (χ0v) is 12.3. The Hall–Kier alpha value is -0.840. The lowest BCUT2D eigenvalue weighted by molar-refractivity contribution is -0.00512. The van der Waals surface area contributed by atoms with Crippen molar-refractivity contribution in [3.05, 3.63) is 23.7 Å². The molecule has 1 aliphatic heterocycles. The topological polar surface area (TPSA) is 37.6 Å². The van der Waals surface area contributed by atoms with Gasteiger partial charge in [0, 0.05) is 19.1 Å². The second-order valence-corrected chi connectivity index (χ2v) is 5.72. The Morgan fingerprint density at radius 3 is 2.68 bits per heavy atom. The van der Waals surface area contributed by atoms with Crippen molar-refractivity contribution in [1.82, 2.24) is 10.2 Å². The van der Waals surface area contributed by atoms with Gasteiger partial charge >= 0.3 is 0 Å². The van der Waals surface area contributed by atoms with Gasteiger partial charge in [-0.3, -0.25) is 0 Å². The fourth-order valence-electron chi connectivity index (χ4n) is 2.25. The van der Waals surface area contributed by atoms with Crippen molar-refractivity contribution in [2.75, 3.05) is 20.1 Å². The van der Waals surface area contributed by atoms with Crippen molar-refractivity contribution in [2.45, 2.75) is 52.0 Å². The zero-order valence-electron chi connectivity index (χ0n) is 12.3. The second kappa shape index (κ2) is 7.08. The van der Waals surface area contributed by atoms with Gasteiger partial charge in [-0.05, 0) is 32.0 Å². The number of piperidine rings is 1. The first-order valence-corrected chi connectivity index (χ1v) is 7.24. The molecule has 1 aliphatic rings. The normalized spacial score (nSPS) is 18.3. The maximum absolute atomic E-state index is 5.92. The maximum Gasteiger partial charge on any atom is 0.129 e. The smallest absolute Gasteiger partial charge is 0.129 e. The maximum atomic E-state index is 5.92. The fraction of sp³-hybridized carbons (Fsp3) is 0.733. The molecule has 0 atom stereocenters. The van der Waals surface area contributed by atoms with Crippen LogP contribution in [0.3, 0.4) is 0 Å². The summed E-state index contributed by atoms with van der Waals surface area (Å²) in [5.41, 5.74) is 0. The molecule has 0 amide bonds. The van der Waals surface area contributed by atoms with Gasteiger partial charge in [-0.1, -0.05) is 13.8 Å². The lowest BCUT2D eigenvalue weighted by Gasteiger charge is -2.28. The number of hydrogen-bond acceptors (Lipinski definition) is 4. The first-order valence-electron chi connectivity index (χ1n) is 7.24. The highest BCUT2D eigenvalue weighted by Crippen LogP contribution is 2.16. The third-order valence-electron chi connectivity index (χ3n) is 3.53. The molecular formula is C15H26N2O2. The average molecular weight is 266 g/mol. The molecule has 0 unspecified atom stereocenters. The minimum atomic E-state index is 0.388. The van der Waals surface area contributed by atoms with Gasteiger partial charge in [-0.2, -0.15) is 0 Å². The van der Waals surface area contributed by atoms with Crippen LogP contribution in [0, 0.1) is 0 Å². The highest BCUT2D eigenvalue weighted by Gasteiger charge is 2.17. The first kappa shape index (κ1) is 14.6. The van der Waals surface area contributed by atoms with Crippen LogP contribution in [0.4, 0.5) is 0 Å². The molecule has 19 heavy (non-hydrogen) atoms. The quantitative estimate of drug-likeness (QED) is 0.858. The number of furan rings is 1. The molecule has 1 saturated heterocycles. The van der Waals surface area contributed by atoms with E-state index in [4.69, 9.17) is 9.15 Å². The molecule has 4 heteroatoms. The van der Waals surface area contributed by atoms with E-state index in [1.165, 1.54) is 0 Å². The zero-order chi connectivity index (χ0) is 13.7. The minimum Gasteiger partial charge on any atom is -0.462 e. The fourth-order valence-corrected chi connectivity index (χ4v) is 2.25. The Morgan fingerprint density at radius 2 is 2.00 bits per heavy atom. The Labute approximate surface area is 116 Å². The Bertz CT molecular complexity index is 368. The number of likely N-dealkylation sites (tertiary alicyclic amines) is 1. The summed E-state index contributed by atoms with van der Waals surface area (Å²) in [6.45, 7) is 7.90. The predicted octanol–water partition coefficient (Wildman–Crippen LogP) is 2.39. The van der Waals surface area contributed by atoms with Gasteiger partial charge in [-0.15, -0.1) is 0 Å². The second-order valence-electron chi connectivity index (χ2n) is 5.72. The van der Waals surface area contributed by atoms with Gasteiger partial charge in [0.25, 0.3) is 0 Å². The Balaban J connectivity index is 1.71. The Morgan fingerprint density at radius 1 is 1.32 bits per heavy atom. The molecule has 0 bridgehead atoms. The van der Waals surface area contributed by atoms with E-state index in [2.05, 4.69) is 31.1 Å². The number of ether oxygens (including phenoxy) is 1. The summed E-state index contributed by atoms with van der Waals surface area (Å²) < 4.78 is 11.7. The molecule has 0 saturated carbocycles. The van der Waals surface area contributed by atoms with Crippen molar-refractivity contribution in [3.8, 4) is 0 Å². The van der Waals surface area contributed by atoms with E-state index in [0.29, 0.717) is 18.8 Å². The summed E-state index contributed by atoms with van der Waals surface area (Å²) in [6, 6.07) is 4.53. The van der Waals surface area contributed by atoms with Crippen LogP contribution in [0.1, 0.15) is 38.2 Å². The van der Waals surface area contributed by atoms with E-state index in [0.717, 1.165) is 44.0 Å². The summed E-state index contributed by atoms with van der Waals surface area (Å²) in [5, 5.41) is 3.35. The van der Waals surface area contributed by atoms with E-state index in [1.54, 1.807) is 0 Å². The summed E-state index contributed by atoms with van der Waals surface area (Å²) in [7, 11) is 2.16. The van der Waals surface area contributed by atoms with Crippen molar-refractivity contribution in [2.24, 2.45) is 0 Å². The molecule has 1 aromatic heterocycles. The van der Waals surface area contributed by atoms with Crippen LogP contribution >= 0.6 is 0 Å². The van der Waals surface area contributed by atoms with Crippen molar-refractivity contribution in [3.63, 3.8) is 0 Å². The van der Waals surface area contributed by atoms with Gasteiger partial charge < -0.3 is 19.4 Å². The van der Waals surface area contributed by atoms with Crippen LogP contribution in [0.2, 0.25) is 0 Å². The number of nitrogens with one attached hydrogen (secondary N) is 1. The molecule has 1 aromatic rings. The SMILES string of the molecule is CC(C)NCc1ccc(COC2CCN(C)CC2)o1. The lowest BCUT2D eigenvalue weighted by atomic mass is 10.1. The molecule has 0 aliphatic carbocycles. The summed E-state index contributed by atoms with van der Waals surface area (Å²) >= 11 is 0. The molecule has 108 valence electrons. The van der Waals surface area contributed by atoms with E-state index in [1.807, 2.05) is 12.1 Å². The van der Waals surface area contributed by atoms with Crippen LogP contribution < -0.4 is 5.32 Å². The van der Waals surface area contributed by atoms with Crippen molar-refractivity contribution >= 4 is 0 Å². The monoisotopic (exact) mass is 266 g/mol.